The zero-order valence-corrected chi connectivity index (χ0v) is 21.3. The van der Waals surface area contributed by atoms with Gasteiger partial charge in [-0.1, -0.05) is 18.2 Å². The number of hydrogen-bond acceptors (Lipinski definition) is 5. The lowest BCUT2D eigenvalue weighted by Crippen LogP contribution is -2.43. The summed E-state index contributed by atoms with van der Waals surface area (Å²) in [5.74, 6) is 1.22. The van der Waals surface area contributed by atoms with Gasteiger partial charge in [-0.15, -0.1) is 0 Å². The molecule has 0 bridgehead atoms. The van der Waals surface area contributed by atoms with E-state index in [9.17, 15) is 23.1 Å². The molecule has 3 rings (SSSR count). The first-order chi connectivity index (χ1) is 17.3. The summed E-state index contributed by atoms with van der Waals surface area (Å²) in [5, 5.41) is 9.98. The van der Waals surface area contributed by atoms with Gasteiger partial charge < -0.3 is 24.2 Å². The number of hydrogen-bond donors (Lipinski definition) is 1. The monoisotopic (exact) mass is 517 g/mol. The van der Waals surface area contributed by atoms with Crippen LogP contribution in [0.15, 0.2) is 66.7 Å². The number of alkyl halides is 3. The fraction of sp³-hybridized carbons (Fsp3) is 0.321. The average molecular weight is 518 g/mol. The van der Waals surface area contributed by atoms with Gasteiger partial charge in [-0.25, -0.2) is 0 Å². The zero-order valence-electron chi connectivity index (χ0n) is 21.3. The summed E-state index contributed by atoms with van der Waals surface area (Å²) >= 11 is 0. The molecule has 0 saturated heterocycles. The third-order valence-electron chi connectivity index (χ3n) is 5.70. The maximum atomic E-state index is 12.9. The fourth-order valence-corrected chi connectivity index (χ4v) is 3.61. The van der Waals surface area contributed by atoms with E-state index in [1.54, 1.807) is 63.4 Å². The minimum Gasteiger partial charge on any atom is -0.482 e. The molecular formula is C28H30F3NO5. The molecule has 3 aromatic rings. The van der Waals surface area contributed by atoms with Crippen molar-refractivity contribution in [3.8, 4) is 17.2 Å². The third-order valence-corrected chi connectivity index (χ3v) is 5.70. The summed E-state index contributed by atoms with van der Waals surface area (Å²) in [6, 6.07) is 16.6. The summed E-state index contributed by atoms with van der Waals surface area (Å²) in [6.07, 6.45) is -5.52. The van der Waals surface area contributed by atoms with Crippen LogP contribution in [-0.2, 0) is 17.5 Å². The Labute approximate surface area is 214 Å². The molecule has 1 N–H and O–H groups in total. The number of aliphatic hydroxyl groups is 1. The largest absolute Gasteiger partial charge is 0.482 e. The average Bonchev–Trinajstić information content (AvgIpc) is 2.84. The predicted octanol–water partition coefficient (Wildman–Crippen LogP) is 6.20. The second-order valence-electron chi connectivity index (χ2n) is 9.21. The van der Waals surface area contributed by atoms with Gasteiger partial charge in [0.2, 0.25) is 0 Å². The Morgan fingerprint density at radius 1 is 1.00 bits per heavy atom. The van der Waals surface area contributed by atoms with Crippen LogP contribution in [0.1, 0.15) is 40.9 Å². The van der Waals surface area contributed by atoms with Crippen molar-refractivity contribution >= 4 is 5.91 Å². The van der Waals surface area contributed by atoms with E-state index in [4.69, 9.17) is 14.2 Å². The second-order valence-corrected chi connectivity index (χ2v) is 9.21. The zero-order chi connectivity index (χ0) is 27.4. The number of benzene rings is 3. The van der Waals surface area contributed by atoms with Gasteiger partial charge in [0.1, 0.15) is 17.2 Å². The molecule has 6 nitrogen and oxygen atoms in total. The Balaban J connectivity index is 1.68. The van der Waals surface area contributed by atoms with Crippen molar-refractivity contribution in [3.63, 3.8) is 0 Å². The summed E-state index contributed by atoms with van der Waals surface area (Å²) in [5.41, 5.74) is 0.0240. The molecule has 0 fully saturated rings. The van der Waals surface area contributed by atoms with E-state index in [0.29, 0.717) is 28.4 Å². The molecule has 1 amide bonds. The van der Waals surface area contributed by atoms with Gasteiger partial charge in [-0.05, 0) is 80.4 Å². The number of methoxy groups -OCH3 is 1. The van der Waals surface area contributed by atoms with E-state index in [1.165, 1.54) is 24.1 Å². The number of carbonyl (C=O) groups is 1. The number of amides is 1. The first kappa shape index (κ1) is 28.0. The van der Waals surface area contributed by atoms with E-state index in [0.717, 1.165) is 17.7 Å². The van der Waals surface area contributed by atoms with Crippen molar-refractivity contribution < 1.29 is 37.3 Å². The highest BCUT2D eigenvalue weighted by molar-refractivity contribution is 5.94. The van der Waals surface area contributed by atoms with Crippen LogP contribution < -0.4 is 9.47 Å². The molecule has 198 valence electrons. The standard InChI is InChI=1S/C28H30F3NO5/c1-18-15-23(13-14-24(18)37-27(2,3)26(34)35-5)36-22-8-6-7-20(16-22)25(33)32(4)17-19-9-11-21(12-10-19)28(29,30)31/h6-16,26,34H,17H2,1-5H3. The van der Waals surface area contributed by atoms with E-state index < -0.39 is 23.6 Å². The van der Waals surface area contributed by atoms with Gasteiger partial charge in [0.25, 0.3) is 5.91 Å². The summed E-state index contributed by atoms with van der Waals surface area (Å²) in [7, 11) is 2.97. The molecule has 0 saturated carbocycles. The topological polar surface area (TPSA) is 68.2 Å². The SMILES string of the molecule is COC(O)C(C)(C)Oc1ccc(Oc2cccc(C(=O)N(C)Cc3ccc(C(F)(F)F)cc3)c2)cc1C. The third kappa shape index (κ3) is 7.24. The number of aryl methyl sites for hydroxylation is 1. The highest BCUT2D eigenvalue weighted by Crippen LogP contribution is 2.31. The summed E-state index contributed by atoms with van der Waals surface area (Å²) < 4.78 is 55.1. The van der Waals surface area contributed by atoms with Gasteiger partial charge in [0.15, 0.2) is 11.9 Å². The molecule has 0 radical (unpaired) electrons. The first-order valence-electron chi connectivity index (χ1n) is 11.5. The van der Waals surface area contributed by atoms with Crippen LogP contribution in [0.25, 0.3) is 0 Å². The summed E-state index contributed by atoms with van der Waals surface area (Å²) in [4.78, 5) is 14.4. The van der Waals surface area contributed by atoms with Crippen LogP contribution in [-0.4, -0.2) is 42.0 Å². The highest BCUT2D eigenvalue weighted by atomic mass is 19.4. The Bertz CT molecular complexity index is 1230. The van der Waals surface area contributed by atoms with E-state index in [2.05, 4.69) is 0 Å². The molecule has 0 spiro atoms. The fourth-order valence-electron chi connectivity index (χ4n) is 3.61. The minimum atomic E-state index is -4.41. The Morgan fingerprint density at radius 2 is 1.65 bits per heavy atom. The lowest BCUT2D eigenvalue weighted by molar-refractivity contribution is -0.173. The van der Waals surface area contributed by atoms with Crippen molar-refractivity contribution in [2.75, 3.05) is 14.2 Å². The first-order valence-corrected chi connectivity index (χ1v) is 11.5. The molecule has 0 heterocycles. The molecule has 1 unspecified atom stereocenters. The van der Waals surface area contributed by atoms with Gasteiger partial charge >= 0.3 is 6.18 Å². The second kappa shape index (κ2) is 11.2. The lowest BCUT2D eigenvalue weighted by Gasteiger charge is -2.31. The molecular weight excluding hydrogens is 487 g/mol. The van der Waals surface area contributed by atoms with E-state index in [-0.39, 0.29) is 12.5 Å². The van der Waals surface area contributed by atoms with Gasteiger partial charge in [0.05, 0.1) is 5.56 Å². The number of carbonyl (C=O) groups excluding carboxylic acids is 1. The van der Waals surface area contributed by atoms with E-state index in [1.807, 2.05) is 6.92 Å². The maximum absolute atomic E-state index is 12.9. The van der Waals surface area contributed by atoms with Crippen molar-refractivity contribution in [3.05, 3.63) is 89.0 Å². The molecule has 3 aromatic carbocycles. The van der Waals surface area contributed by atoms with Crippen LogP contribution in [0.2, 0.25) is 0 Å². The Hall–Kier alpha value is -3.56. The predicted molar refractivity (Wildman–Crippen MR) is 133 cm³/mol. The molecule has 1 atom stereocenters. The van der Waals surface area contributed by atoms with Gasteiger partial charge in [0, 0.05) is 26.3 Å². The van der Waals surface area contributed by atoms with Crippen LogP contribution in [0.4, 0.5) is 13.2 Å². The number of ether oxygens (including phenoxy) is 3. The number of nitrogens with zero attached hydrogens (tertiary/aromatic N) is 1. The van der Waals surface area contributed by atoms with Crippen molar-refractivity contribution in [1.29, 1.82) is 0 Å². The molecule has 37 heavy (non-hydrogen) atoms. The molecule has 0 aromatic heterocycles. The maximum Gasteiger partial charge on any atom is 0.416 e. The van der Waals surface area contributed by atoms with Gasteiger partial charge in [-0.3, -0.25) is 4.79 Å². The molecule has 0 aliphatic heterocycles. The molecule has 0 aliphatic carbocycles. The smallest absolute Gasteiger partial charge is 0.416 e. The molecule has 9 heteroatoms. The van der Waals surface area contributed by atoms with Crippen molar-refractivity contribution in [2.24, 2.45) is 0 Å². The minimum absolute atomic E-state index is 0.150. The lowest BCUT2D eigenvalue weighted by atomic mass is 10.1. The quantitative estimate of drug-likeness (QED) is 0.342. The van der Waals surface area contributed by atoms with Crippen molar-refractivity contribution in [1.82, 2.24) is 4.90 Å². The van der Waals surface area contributed by atoms with Crippen LogP contribution in [0.3, 0.4) is 0 Å². The summed E-state index contributed by atoms with van der Waals surface area (Å²) in [6.45, 7) is 5.41. The number of halogens is 3. The normalized spacial score (nSPS) is 12.7. The molecule has 0 aliphatic rings. The van der Waals surface area contributed by atoms with Gasteiger partial charge in [-0.2, -0.15) is 13.2 Å². The van der Waals surface area contributed by atoms with Crippen LogP contribution in [0, 0.1) is 6.92 Å². The Kier molecular flexibility index (Phi) is 8.50. The highest BCUT2D eigenvalue weighted by Gasteiger charge is 2.31. The van der Waals surface area contributed by atoms with Crippen molar-refractivity contribution in [2.45, 2.75) is 45.4 Å². The number of rotatable bonds is 9. The Morgan fingerprint density at radius 3 is 2.24 bits per heavy atom. The van der Waals surface area contributed by atoms with Crippen LogP contribution >= 0.6 is 0 Å². The van der Waals surface area contributed by atoms with Crippen LogP contribution in [0.5, 0.6) is 17.2 Å². The van der Waals surface area contributed by atoms with E-state index >= 15 is 0 Å². The number of aliphatic hydroxyl groups excluding tert-OH is 1.